The molecule has 0 amide bonds. The van der Waals surface area contributed by atoms with Crippen molar-refractivity contribution in [2.75, 3.05) is 5.32 Å². The summed E-state index contributed by atoms with van der Waals surface area (Å²) in [5.41, 5.74) is 2.15. The molecule has 2 unspecified atom stereocenters. The number of nitrogens with zero attached hydrogens (tertiary/aromatic N) is 1. The minimum atomic E-state index is -0.695. The summed E-state index contributed by atoms with van der Waals surface area (Å²) in [6.07, 6.45) is -0.695. The zero-order valence-electron chi connectivity index (χ0n) is 11.0. The molecule has 0 heterocycles. The molecule has 0 saturated carbocycles. The number of nitriles is 1. The second-order valence-electron chi connectivity index (χ2n) is 4.62. The predicted octanol–water partition coefficient (Wildman–Crippen LogP) is 3.75. The first kappa shape index (κ1) is 14.4. The van der Waals surface area contributed by atoms with E-state index in [1.165, 1.54) is 0 Å². The largest absolute Gasteiger partial charge is 0.386 e. The monoisotopic (exact) mass is 286 g/mol. The third kappa shape index (κ3) is 3.51. The Morgan fingerprint density at radius 2 is 1.90 bits per heavy atom. The van der Waals surface area contributed by atoms with Crippen LogP contribution in [0.2, 0.25) is 5.02 Å². The fourth-order valence-corrected chi connectivity index (χ4v) is 2.09. The number of rotatable bonds is 4. The maximum absolute atomic E-state index is 10.3. The van der Waals surface area contributed by atoms with Gasteiger partial charge >= 0.3 is 0 Å². The molecule has 2 N–H and O–H groups in total. The number of halogens is 1. The van der Waals surface area contributed by atoms with Crippen LogP contribution in [0.4, 0.5) is 5.69 Å². The van der Waals surface area contributed by atoms with Gasteiger partial charge in [0.25, 0.3) is 0 Å². The van der Waals surface area contributed by atoms with Gasteiger partial charge in [0.05, 0.1) is 23.8 Å². The molecular weight excluding hydrogens is 272 g/mol. The van der Waals surface area contributed by atoms with Crippen molar-refractivity contribution in [2.45, 2.75) is 19.1 Å². The van der Waals surface area contributed by atoms with Crippen molar-refractivity contribution in [3.63, 3.8) is 0 Å². The Morgan fingerprint density at radius 3 is 2.55 bits per heavy atom. The van der Waals surface area contributed by atoms with Gasteiger partial charge in [-0.1, -0.05) is 23.7 Å². The lowest BCUT2D eigenvalue weighted by atomic mass is 10.0. The summed E-state index contributed by atoms with van der Waals surface area (Å²) in [4.78, 5) is 0. The average Bonchev–Trinajstić information content (AvgIpc) is 2.48. The van der Waals surface area contributed by atoms with Crippen molar-refractivity contribution >= 4 is 17.3 Å². The summed E-state index contributed by atoms with van der Waals surface area (Å²) in [5, 5.41) is 23.1. The molecule has 102 valence electrons. The topological polar surface area (TPSA) is 56.0 Å². The Hall–Kier alpha value is -2.02. The van der Waals surface area contributed by atoms with Crippen LogP contribution in [-0.2, 0) is 0 Å². The molecule has 3 nitrogen and oxygen atoms in total. The minimum Gasteiger partial charge on any atom is -0.386 e. The molecule has 0 bridgehead atoms. The zero-order chi connectivity index (χ0) is 14.5. The van der Waals surface area contributed by atoms with E-state index in [0.717, 1.165) is 11.3 Å². The number of aliphatic hydroxyl groups is 1. The van der Waals surface area contributed by atoms with Crippen molar-refractivity contribution in [3.05, 3.63) is 64.7 Å². The van der Waals surface area contributed by atoms with Gasteiger partial charge < -0.3 is 10.4 Å². The Kier molecular flexibility index (Phi) is 4.62. The maximum Gasteiger partial charge on any atom is 0.0991 e. The van der Waals surface area contributed by atoms with Crippen LogP contribution in [-0.4, -0.2) is 11.1 Å². The van der Waals surface area contributed by atoms with Crippen LogP contribution < -0.4 is 5.32 Å². The number of aliphatic hydroxyl groups excluding tert-OH is 1. The number of hydrogen-bond acceptors (Lipinski definition) is 3. The van der Waals surface area contributed by atoms with E-state index in [9.17, 15) is 5.11 Å². The normalized spacial score (nSPS) is 13.3. The van der Waals surface area contributed by atoms with Gasteiger partial charge in [0.15, 0.2) is 0 Å². The minimum absolute atomic E-state index is 0.190. The SMILES string of the molecule is CC(Nc1ccc(Cl)cc1)C(O)c1cccc(C#N)c1. The van der Waals surface area contributed by atoms with Gasteiger partial charge in [0.1, 0.15) is 0 Å². The molecule has 0 spiro atoms. The Balaban J connectivity index is 2.10. The van der Waals surface area contributed by atoms with Gasteiger partial charge in [-0.05, 0) is 48.9 Å². The molecule has 2 atom stereocenters. The van der Waals surface area contributed by atoms with Gasteiger partial charge in [0.2, 0.25) is 0 Å². The summed E-state index contributed by atoms with van der Waals surface area (Å²) >= 11 is 5.83. The first-order valence-electron chi connectivity index (χ1n) is 6.30. The molecule has 2 aromatic rings. The third-order valence-electron chi connectivity index (χ3n) is 3.07. The number of nitrogens with one attached hydrogen (secondary N) is 1. The molecule has 0 radical (unpaired) electrons. The fraction of sp³-hybridized carbons (Fsp3) is 0.188. The summed E-state index contributed by atoms with van der Waals surface area (Å²) in [6, 6.07) is 16.2. The molecule has 0 aliphatic carbocycles. The molecule has 4 heteroatoms. The van der Waals surface area contributed by atoms with Crippen LogP contribution in [0.15, 0.2) is 48.5 Å². The Labute approximate surface area is 123 Å². The number of anilines is 1. The lowest BCUT2D eigenvalue weighted by molar-refractivity contribution is 0.160. The van der Waals surface area contributed by atoms with Gasteiger partial charge in [-0.25, -0.2) is 0 Å². The Morgan fingerprint density at radius 1 is 1.20 bits per heavy atom. The highest BCUT2D eigenvalue weighted by Crippen LogP contribution is 2.22. The average molecular weight is 287 g/mol. The van der Waals surface area contributed by atoms with E-state index >= 15 is 0 Å². The van der Waals surface area contributed by atoms with Crippen molar-refractivity contribution < 1.29 is 5.11 Å². The van der Waals surface area contributed by atoms with Crippen molar-refractivity contribution in [1.82, 2.24) is 0 Å². The highest BCUT2D eigenvalue weighted by Gasteiger charge is 2.16. The highest BCUT2D eigenvalue weighted by atomic mass is 35.5. The predicted molar refractivity (Wildman–Crippen MR) is 80.7 cm³/mol. The smallest absolute Gasteiger partial charge is 0.0991 e. The molecule has 0 aromatic heterocycles. The van der Waals surface area contributed by atoms with Crippen LogP contribution in [0.3, 0.4) is 0 Å². The molecule has 0 aliphatic rings. The Bertz CT molecular complexity index is 619. The number of hydrogen-bond donors (Lipinski definition) is 2. The quantitative estimate of drug-likeness (QED) is 0.900. The van der Waals surface area contributed by atoms with Gasteiger partial charge in [-0.15, -0.1) is 0 Å². The summed E-state index contributed by atoms with van der Waals surface area (Å²) < 4.78 is 0. The fourth-order valence-electron chi connectivity index (χ4n) is 1.97. The van der Waals surface area contributed by atoms with E-state index in [1.54, 1.807) is 30.3 Å². The molecule has 0 fully saturated rings. The van der Waals surface area contributed by atoms with Crippen LogP contribution in [0.5, 0.6) is 0 Å². The summed E-state index contributed by atoms with van der Waals surface area (Å²) in [5.74, 6) is 0. The van der Waals surface area contributed by atoms with Crippen LogP contribution in [0, 0.1) is 11.3 Å². The van der Waals surface area contributed by atoms with E-state index in [4.69, 9.17) is 16.9 Å². The van der Waals surface area contributed by atoms with Gasteiger partial charge in [-0.2, -0.15) is 5.26 Å². The van der Waals surface area contributed by atoms with Crippen LogP contribution in [0.25, 0.3) is 0 Å². The van der Waals surface area contributed by atoms with Crippen molar-refractivity contribution in [2.24, 2.45) is 0 Å². The second-order valence-corrected chi connectivity index (χ2v) is 5.06. The maximum atomic E-state index is 10.3. The van der Waals surface area contributed by atoms with Crippen LogP contribution >= 0.6 is 11.6 Å². The van der Waals surface area contributed by atoms with Crippen molar-refractivity contribution in [1.29, 1.82) is 5.26 Å². The van der Waals surface area contributed by atoms with Crippen LogP contribution in [0.1, 0.15) is 24.2 Å². The lowest BCUT2D eigenvalue weighted by Gasteiger charge is -2.22. The highest BCUT2D eigenvalue weighted by molar-refractivity contribution is 6.30. The molecule has 20 heavy (non-hydrogen) atoms. The molecule has 0 aliphatic heterocycles. The van der Waals surface area contributed by atoms with Gasteiger partial charge in [0, 0.05) is 10.7 Å². The summed E-state index contributed by atoms with van der Waals surface area (Å²) in [7, 11) is 0. The van der Waals surface area contributed by atoms with Gasteiger partial charge in [-0.3, -0.25) is 0 Å². The standard InChI is InChI=1S/C16H15ClN2O/c1-11(19-15-7-5-14(17)6-8-15)16(20)13-4-2-3-12(9-13)10-18/h2-9,11,16,19-20H,1H3. The van der Waals surface area contributed by atoms with E-state index in [-0.39, 0.29) is 6.04 Å². The molecule has 0 saturated heterocycles. The van der Waals surface area contributed by atoms with E-state index in [1.807, 2.05) is 25.1 Å². The third-order valence-corrected chi connectivity index (χ3v) is 3.32. The van der Waals surface area contributed by atoms with E-state index in [2.05, 4.69) is 11.4 Å². The van der Waals surface area contributed by atoms with E-state index < -0.39 is 6.10 Å². The lowest BCUT2D eigenvalue weighted by Crippen LogP contribution is -2.24. The molecule has 2 rings (SSSR count). The molecular formula is C16H15ClN2O. The summed E-state index contributed by atoms with van der Waals surface area (Å²) in [6.45, 7) is 1.89. The number of benzene rings is 2. The van der Waals surface area contributed by atoms with E-state index in [0.29, 0.717) is 10.6 Å². The second kappa shape index (κ2) is 6.42. The molecule has 2 aromatic carbocycles. The zero-order valence-corrected chi connectivity index (χ0v) is 11.8. The van der Waals surface area contributed by atoms with Crippen molar-refractivity contribution in [3.8, 4) is 6.07 Å². The first-order valence-corrected chi connectivity index (χ1v) is 6.68. The first-order chi connectivity index (χ1) is 9.60.